The normalized spacial score (nSPS) is 21.8. The van der Waals surface area contributed by atoms with Gasteiger partial charge in [0.25, 0.3) is 5.91 Å². The van der Waals surface area contributed by atoms with E-state index in [0.29, 0.717) is 18.4 Å². The predicted molar refractivity (Wildman–Crippen MR) is 92.9 cm³/mol. The number of aryl methyl sites for hydroxylation is 1. The maximum atomic E-state index is 13.5. The molecule has 2 fully saturated rings. The smallest absolute Gasteiger partial charge is 0.326 e. The number of carbonyl (C=O) groups is 4. The average molecular weight is 376 g/mol. The summed E-state index contributed by atoms with van der Waals surface area (Å²) in [5, 5.41) is 2.41. The van der Waals surface area contributed by atoms with Crippen molar-refractivity contribution in [3.63, 3.8) is 0 Å². The third-order valence-electron chi connectivity index (χ3n) is 5.04. The van der Waals surface area contributed by atoms with Crippen molar-refractivity contribution in [2.75, 3.05) is 18.5 Å². The minimum atomic E-state index is -0.833. The quantitative estimate of drug-likeness (QED) is 0.625. The third-order valence-corrected chi connectivity index (χ3v) is 5.04. The molecule has 3 rings (SSSR count). The number of rotatable bonds is 5. The van der Waals surface area contributed by atoms with Crippen LogP contribution < -0.4 is 5.32 Å². The molecule has 1 heterocycles. The molecule has 0 radical (unpaired) electrons. The zero-order valence-corrected chi connectivity index (χ0v) is 15.0. The van der Waals surface area contributed by atoms with Crippen LogP contribution in [0.25, 0.3) is 0 Å². The van der Waals surface area contributed by atoms with Gasteiger partial charge in [-0.2, -0.15) is 0 Å². The minimum absolute atomic E-state index is 0.244. The summed E-state index contributed by atoms with van der Waals surface area (Å²) in [6, 6.07) is 4.21. The molecule has 1 aromatic rings. The number of anilines is 1. The van der Waals surface area contributed by atoms with Gasteiger partial charge in [0.2, 0.25) is 11.8 Å². The zero-order valence-electron chi connectivity index (χ0n) is 15.0. The van der Waals surface area contributed by atoms with Gasteiger partial charge in [-0.25, -0.2) is 4.39 Å². The van der Waals surface area contributed by atoms with E-state index < -0.39 is 30.8 Å². The Hall–Kier alpha value is -2.77. The van der Waals surface area contributed by atoms with Crippen LogP contribution >= 0.6 is 0 Å². The van der Waals surface area contributed by atoms with E-state index in [2.05, 4.69) is 5.32 Å². The van der Waals surface area contributed by atoms with Gasteiger partial charge in [-0.05, 0) is 37.5 Å². The lowest BCUT2D eigenvalue weighted by Gasteiger charge is -2.19. The number of hydrogen-bond acceptors (Lipinski definition) is 5. The van der Waals surface area contributed by atoms with Crippen LogP contribution in [0.4, 0.5) is 10.1 Å². The first-order chi connectivity index (χ1) is 12.9. The molecule has 3 amide bonds. The molecule has 1 N–H and O–H groups in total. The fraction of sp³-hybridized carbons (Fsp3) is 0.474. The SMILES string of the molecule is Cc1ccc(NC(=O)COC(=O)CN2C(=O)[C@@H]3CCCC[C@H]3C2=O)cc1F. The Labute approximate surface area is 155 Å². The molecule has 1 aliphatic carbocycles. The summed E-state index contributed by atoms with van der Waals surface area (Å²) in [4.78, 5) is 49.3. The molecule has 1 saturated carbocycles. The lowest BCUT2D eigenvalue weighted by Crippen LogP contribution is -2.37. The molecule has 1 saturated heterocycles. The maximum absolute atomic E-state index is 13.5. The molecule has 0 aromatic heterocycles. The maximum Gasteiger partial charge on any atom is 0.326 e. The van der Waals surface area contributed by atoms with E-state index in [4.69, 9.17) is 4.74 Å². The number of ether oxygens (including phenoxy) is 1. The summed E-state index contributed by atoms with van der Waals surface area (Å²) >= 11 is 0. The average Bonchev–Trinajstić information content (AvgIpc) is 2.88. The molecule has 2 aliphatic rings. The highest BCUT2D eigenvalue weighted by atomic mass is 19.1. The van der Waals surface area contributed by atoms with Gasteiger partial charge in [0.15, 0.2) is 6.61 Å². The van der Waals surface area contributed by atoms with Gasteiger partial charge < -0.3 is 10.1 Å². The van der Waals surface area contributed by atoms with Crippen molar-refractivity contribution in [1.82, 2.24) is 4.90 Å². The Bertz CT molecular complexity index is 770. The van der Waals surface area contributed by atoms with Crippen LogP contribution in [0.2, 0.25) is 0 Å². The number of nitrogens with zero attached hydrogens (tertiary/aromatic N) is 1. The van der Waals surface area contributed by atoms with Gasteiger partial charge in [-0.15, -0.1) is 0 Å². The van der Waals surface area contributed by atoms with Crippen LogP contribution in [-0.2, 0) is 23.9 Å². The Balaban J connectivity index is 1.49. The summed E-state index contributed by atoms with van der Waals surface area (Å²) in [5.74, 6) is -3.27. The van der Waals surface area contributed by atoms with Crippen LogP contribution in [0, 0.1) is 24.6 Å². The molecular weight excluding hydrogens is 355 g/mol. The number of imide groups is 1. The van der Waals surface area contributed by atoms with Gasteiger partial charge in [-0.1, -0.05) is 18.9 Å². The van der Waals surface area contributed by atoms with E-state index in [-0.39, 0.29) is 29.3 Å². The number of amides is 3. The van der Waals surface area contributed by atoms with Gasteiger partial charge in [0.1, 0.15) is 12.4 Å². The van der Waals surface area contributed by atoms with Crippen molar-refractivity contribution < 1.29 is 28.3 Å². The molecular formula is C19H21FN2O5. The topological polar surface area (TPSA) is 92.8 Å². The van der Waals surface area contributed by atoms with Crippen molar-refractivity contribution >= 4 is 29.4 Å². The van der Waals surface area contributed by atoms with E-state index in [9.17, 15) is 23.6 Å². The van der Waals surface area contributed by atoms with E-state index in [1.807, 2.05) is 0 Å². The van der Waals surface area contributed by atoms with Crippen LogP contribution in [0.3, 0.4) is 0 Å². The zero-order chi connectivity index (χ0) is 19.6. The van der Waals surface area contributed by atoms with Gasteiger partial charge >= 0.3 is 5.97 Å². The molecule has 0 unspecified atom stereocenters. The van der Waals surface area contributed by atoms with Crippen molar-refractivity contribution in [3.8, 4) is 0 Å². The Morgan fingerprint density at radius 2 is 1.81 bits per heavy atom. The fourth-order valence-electron chi connectivity index (χ4n) is 3.58. The molecule has 27 heavy (non-hydrogen) atoms. The molecule has 0 bridgehead atoms. The number of hydrogen-bond donors (Lipinski definition) is 1. The highest BCUT2D eigenvalue weighted by Gasteiger charge is 2.48. The largest absolute Gasteiger partial charge is 0.454 e. The second-order valence-corrected chi connectivity index (χ2v) is 6.93. The molecule has 0 spiro atoms. The number of esters is 1. The third kappa shape index (κ3) is 4.15. The Kier molecular flexibility index (Phi) is 5.53. The monoisotopic (exact) mass is 376 g/mol. The van der Waals surface area contributed by atoms with Gasteiger partial charge in [-0.3, -0.25) is 24.1 Å². The fourth-order valence-corrected chi connectivity index (χ4v) is 3.58. The van der Waals surface area contributed by atoms with Crippen LogP contribution in [-0.4, -0.2) is 41.7 Å². The molecule has 1 aromatic carbocycles. The number of carbonyl (C=O) groups excluding carboxylic acids is 4. The van der Waals surface area contributed by atoms with Crippen molar-refractivity contribution in [1.29, 1.82) is 0 Å². The highest BCUT2D eigenvalue weighted by Crippen LogP contribution is 2.37. The Morgan fingerprint density at radius 3 is 2.41 bits per heavy atom. The lowest BCUT2D eigenvalue weighted by molar-refractivity contribution is -0.154. The Morgan fingerprint density at radius 1 is 1.19 bits per heavy atom. The molecule has 7 nitrogen and oxygen atoms in total. The van der Waals surface area contributed by atoms with Gasteiger partial charge in [0.05, 0.1) is 11.8 Å². The van der Waals surface area contributed by atoms with E-state index in [1.165, 1.54) is 18.2 Å². The predicted octanol–water partition coefficient (Wildman–Crippen LogP) is 1.79. The number of halogens is 1. The second kappa shape index (κ2) is 7.85. The van der Waals surface area contributed by atoms with E-state index >= 15 is 0 Å². The van der Waals surface area contributed by atoms with Crippen molar-refractivity contribution in [3.05, 3.63) is 29.6 Å². The number of likely N-dealkylation sites (tertiary alicyclic amines) is 1. The summed E-state index contributed by atoms with van der Waals surface area (Å²) in [6.45, 7) is 0.522. The lowest BCUT2D eigenvalue weighted by atomic mass is 9.81. The first kappa shape index (κ1) is 19.0. The number of benzene rings is 1. The van der Waals surface area contributed by atoms with E-state index in [1.54, 1.807) is 6.92 Å². The van der Waals surface area contributed by atoms with Crippen LogP contribution in [0.1, 0.15) is 31.2 Å². The first-order valence-corrected chi connectivity index (χ1v) is 8.93. The molecule has 2 atom stereocenters. The standard InChI is InChI=1S/C19H21FN2O5/c1-11-6-7-12(8-15(11)20)21-16(23)10-27-17(24)9-22-18(25)13-4-2-3-5-14(13)19(22)26/h6-8,13-14H,2-5,9-10H2,1H3,(H,21,23)/t13-,14-/m1/s1. The van der Waals surface area contributed by atoms with Gasteiger partial charge in [0, 0.05) is 5.69 Å². The molecule has 144 valence electrons. The summed E-state index contributed by atoms with van der Waals surface area (Å²) in [6.07, 6.45) is 3.13. The first-order valence-electron chi connectivity index (χ1n) is 8.93. The van der Waals surface area contributed by atoms with Crippen LogP contribution in [0.5, 0.6) is 0 Å². The minimum Gasteiger partial charge on any atom is -0.454 e. The molecule has 8 heteroatoms. The van der Waals surface area contributed by atoms with E-state index in [0.717, 1.165) is 17.7 Å². The van der Waals surface area contributed by atoms with Crippen molar-refractivity contribution in [2.45, 2.75) is 32.6 Å². The summed E-state index contributed by atoms with van der Waals surface area (Å²) in [7, 11) is 0. The molecule has 1 aliphatic heterocycles. The summed E-state index contributed by atoms with van der Waals surface area (Å²) < 4.78 is 18.3. The second-order valence-electron chi connectivity index (χ2n) is 6.93. The van der Waals surface area contributed by atoms with Crippen molar-refractivity contribution in [2.24, 2.45) is 11.8 Å². The highest BCUT2D eigenvalue weighted by molar-refractivity contribution is 6.07. The summed E-state index contributed by atoms with van der Waals surface area (Å²) in [5.41, 5.74) is 0.688. The number of fused-ring (bicyclic) bond motifs is 1. The number of nitrogens with one attached hydrogen (secondary N) is 1. The van der Waals surface area contributed by atoms with Crippen LogP contribution in [0.15, 0.2) is 18.2 Å².